The summed E-state index contributed by atoms with van der Waals surface area (Å²) in [7, 11) is -3.76. The lowest BCUT2D eigenvalue weighted by molar-refractivity contribution is -0.117. The van der Waals surface area contributed by atoms with E-state index in [9.17, 15) is 13.2 Å². The molecule has 5 nitrogen and oxygen atoms in total. The van der Waals surface area contributed by atoms with E-state index < -0.39 is 10.0 Å². The molecule has 0 aliphatic carbocycles. The van der Waals surface area contributed by atoms with E-state index in [0.717, 1.165) is 22.6 Å². The predicted molar refractivity (Wildman–Crippen MR) is 104 cm³/mol. The summed E-state index contributed by atoms with van der Waals surface area (Å²) in [4.78, 5) is 15.3. The Morgan fingerprint density at radius 1 is 1.19 bits per heavy atom. The first kappa shape index (κ1) is 17.4. The van der Waals surface area contributed by atoms with Gasteiger partial charge in [0, 0.05) is 27.9 Å². The van der Waals surface area contributed by atoms with E-state index in [0.29, 0.717) is 23.0 Å². The summed E-state index contributed by atoms with van der Waals surface area (Å²) in [6, 6.07) is 10.8. The number of carbonyl (C=O) groups excluding carboxylic acids is 1. The van der Waals surface area contributed by atoms with Crippen molar-refractivity contribution in [1.82, 2.24) is 0 Å². The molecule has 1 atom stereocenters. The smallest absolute Gasteiger partial charge is 0.262 e. The molecule has 0 bridgehead atoms. The SMILES string of the molecule is CCc1ccc(NS(=O)(=O)c2ccc3c4c2CC(=O)N4C[C@@H](C)S3)cc1. The first-order chi connectivity index (χ1) is 12.4. The Labute approximate surface area is 157 Å². The summed E-state index contributed by atoms with van der Waals surface area (Å²) < 4.78 is 28.6. The lowest BCUT2D eigenvalue weighted by Gasteiger charge is -2.29. The maximum Gasteiger partial charge on any atom is 0.262 e. The van der Waals surface area contributed by atoms with E-state index in [-0.39, 0.29) is 17.2 Å². The van der Waals surface area contributed by atoms with Crippen molar-refractivity contribution in [1.29, 1.82) is 0 Å². The number of rotatable bonds is 4. The van der Waals surface area contributed by atoms with Gasteiger partial charge >= 0.3 is 0 Å². The van der Waals surface area contributed by atoms with Crippen molar-refractivity contribution < 1.29 is 13.2 Å². The Balaban J connectivity index is 1.73. The van der Waals surface area contributed by atoms with Gasteiger partial charge in [-0.3, -0.25) is 9.52 Å². The molecule has 2 aromatic carbocycles. The molecule has 0 saturated heterocycles. The third-order valence-corrected chi connectivity index (χ3v) is 7.37. The van der Waals surface area contributed by atoms with Gasteiger partial charge in [0.25, 0.3) is 10.0 Å². The highest BCUT2D eigenvalue weighted by Crippen LogP contribution is 2.46. The first-order valence-corrected chi connectivity index (χ1v) is 11.0. The number of sulfonamides is 1. The van der Waals surface area contributed by atoms with Crippen LogP contribution in [-0.2, 0) is 27.7 Å². The second-order valence-corrected chi connectivity index (χ2v) is 9.79. The standard InChI is InChI=1S/C19H20N2O3S2/c1-3-13-4-6-14(7-5-13)20-26(23,24)17-9-8-16-19-15(17)10-18(22)21(19)11-12(2)25-16/h4-9,12,20H,3,10-11H2,1-2H3/t12-/m1/s1. The molecule has 0 fully saturated rings. The number of nitrogens with zero attached hydrogens (tertiary/aromatic N) is 1. The molecule has 4 rings (SSSR count). The highest BCUT2D eigenvalue weighted by atomic mass is 32.2. The van der Waals surface area contributed by atoms with Gasteiger partial charge in [0.05, 0.1) is 17.0 Å². The molecule has 2 aliphatic rings. The topological polar surface area (TPSA) is 66.5 Å². The quantitative estimate of drug-likeness (QED) is 0.871. The van der Waals surface area contributed by atoms with Crippen molar-refractivity contribution in [2.75, 3.05) is 16.2 Å². The highest BCUT2D eigenvalue weighted by Gasteiger charge is 2.38. The van der Waals surface area contributed by atoms with Crippen LogP contribution in [0.3, 0.4) is 0 Å². The maximum absolute atomic E-state index is 13.0. The molecular formula is C19H20N2O3S2. The zero-order valence-corrected chi connectivity index (χ0v) is 16.3. The van der Waals surface area contributed by atoms with Gasteiger partial charge in [0.1, 0.15) is 0 Å². The van der Waals surface area contributed by atoms with Crippen molar-refractivity contribution in [2.45, 2.75) is 41.7 Å². The summed E-state index contributed by atoms with van der Waals surface area (Å²) >= 11 is 1.69. The van der Waals surface area contributed by atoms with Gasteiger partial charge in [-0.2, -0.15) is 0 Å². The monoisotopic (exact) mass is 388 g/mol. The average Bonchev–Trinajstić information content (AvgIpc) is 2.92. The van der Waals surface area contributed by atoms with Crippen LogP contribution in [0.2, 0.25) is 0 Å². The van der Waals surface area contributed by atoms with Gasteiger partial charge < -0.3 is 4.90 Å². The Kier molecular flexibility index (Phi) is 4.23. The van der Waals surface area contributed by atoms with E-state index in [1.807, 2.05) is 18.2 Å². The number of anilines is 2. The predicted octanol–water partition coefficient (Wildman–Crippen LogP) is 3.43. The summed E-state index contributed by atoms with van der Waals surface area (Å²) in [6.45, 7) is 4.75. The number of carbonyl (C=O) groups is 1. The van der Waals surface area contributed by atoms with Crippen LogP contribution >= 0.6 is 11.8 Å². The number of thioether (sulfide) groups is 1. The summed E-state index contributed by atoms with van der Waals surface area (Å²) in [6.07, 6.45) is 1.04. The van der Waals surface area contributed by atoms with Gasteiger partial charge in [-0.15, -0.1) is 11.8 Å². The second kappa shape index (κ2) is 6.32. The van der Waals surface area contributed by atoms with E-state index in [1.165, 1.54) is 0 Å². The normalized spacial score (nSPS) is 18.8. The summed E-state index contributed by atoms with van der Waals surface area (Å²) in [5.41, 5.74) is 3.07. The third-order valence-electron chi connectivity index (χ3n) is 4.77. The fourth-order valence-corrected chi connectivity index (χ4v) is 5.95. The summed E-state index contributed by atoms with van der Waals surface area (Å²) in [5, 5.41) is 0.301. The van der Waals surface area contributed by atoms with Gasteiger partial charge in [-0.05, 0) is 36.2 Å². The second-order valence-electron chi connectivity index (χ2n) is 6.65. The lowest BCUT2D eigenvalue weighted by atomic mass is 10.1. The van der Waals surface area contributed by atoms with Gasteiger partial charge in [-0.1, -0.05) is 26.0 Å². The third kappa shape index (κ3) is 2.89. The van der Waals surface area contributed by atoms with Crippen LogP contribution in [0.25, 0.3) is 0 Å². The van der Waals surface area contributed by atoms with Gasteiger partial charge in [0.2, 0.25) is 5.91 Å². The molecule has 0 aromatic heterocycles. The Morgan fingerprint density at radius 2 is 1.92 bits per heavy atom. The zero-order chi connectivity index (χ0) is 18.5. The van der Waals surface area contributed by atoms with Crippen LogP contribution in [-0.4, -0.2) is 26.1 Å². The van der Waals surface area contributed by atoms with Crippen LogP contribution in [0.4, 0.5) is 11.4 Å². The molecule has 2 aliphatic heterocycles. The molecule has 136 valence electrons. The van der Waals surface area contributed by atoms with Crippen LogP contribution < -0.4 is 9.62 Å². The van der Waals surface area contributed by atoms with E-state index in [1.54, 1.807) is 34.9 Å². The minimum absolute atomic E-state index is 0.0247. The van der Waals surface area contributed by atoms with E-state index >= 15 is 0 Å². The molecule has 0 unspecified atom stereocenters. The van der Waals surface area contributed by atoms with E-state index in [4.69, 9.17) is 0 Å². The number of nitrogens with one attached hydrogen (secondary N) is 1. The fraction of sp³-hybridized carbons (Fsp3) is 0.316. The minimum atomic E-state index is -3.76. The maximum atomic E-state index is 13.0. The molecule has 0 radical (unpaired) electrons. The van der Waals surface area contributed by atoms with Gasteiger partial charge in [0.15, 0.2) is 0 Å². The number of benzene rings is 2. The summed E-state index contributed by atoms with van der Waals surface area (Å²) in [5.74, 6) is -0.0247. The first-order valence-electron chi connectivity index (χ1n) is 8.63. The van der Waals surface area contributed by atoms with Crippen molar-refractivity contribution in [3.63, 3.8) is 0 Å². The van der Waals surface area contributed by atoms with Crippen LogP contribution in [0.15, 0.2) is 46.2 Å². The van der Waals surface area contributed by atoms with E-state index in [2.05, 4.69) is 18.6 Å². The lowest BCUT2D eigenvalue weighted by Crippen LogP contribution is -2.35. The molecule has 26 heavy (non-hydrogen) atoms. The molecule has 7 heteroatoms. The number of hydrogen-bond acceptors (Lipinski definition) is 4. The molecule has 1 N–H and O–H groups in total. The largest absolute Gasteiger partial charge is 0.310 e. The zero-order valence-electron chi connectivity index (χ0n) is 14.7. The Hall–Kier alpha value is -1.99. The van der Waals surface area contributed by atoms with Crippen molar-refractivity contribution in [2.24, 2.45) is 0 Å². The molecule has 1 amide bonds. The molecule has 2 aromatic rings. The molecule has 0 saturated carbocycles. The van der Waals surface area contributed by atoms with Crippen molar-refractivity contribution in [3.8, 4) is 0 Å². The number of amides is 1. The van der Waals surface area contributed by atoms with Crippen LogP contribution in [0.1, 0.15) is 25.0 Å². The van der Waals surface area contributed by atoms with Crippen LogP contribution in [0.5, 0.6) is 0 Å². The highest BCUT2D eigenvalue weighted by molar-refractivity contribution is 8.00. The van der Waals surface area contributed by atoms with Crippen molar-refractivity contribution >= 4 is 39.1 Å². The van der Waals surface area contributed by atoms with Gasteiger partial charge in [-0.25, -0.2) is 8.42 Å². The van der Waals surface area contributed by atoms with Crippen molar-refractivity contribution in [3.05, 3.63) is 47.5 Å². The molecule has 2 heterocycles. The molecule has 0 spiro atoms. The average molecular weight is 389 g/mol. The van der Waals surface area contributed by atoms with Crippen LogP contribution in [0, 0.1) is 0 Å². The Morgan fingerprint density at radius 3 is 2.62 bits per heavy atom. The Bertz CT molecular complexity index is 985. The molecular weight excluding hydrogens is 368 g/mol. The fourth-order valence-electron chi connectivity index (χ4n) is 3.50. The number of aryl methyl sites for hydroxylation is 1. The minimum Gasteiger partial charge on any atom is -0.310 e. The number of hydrogen-bond donors (Lipinski definition) is 1.